The van der Waals surface area contributed by atoms with Gasteiger partial charge in [0.2, 0.25) is 5.91 Å². The van der Waals surface area contributed by atoms with Crippen molar-refractivity contribution in [2.75, 3.05) is 26.7 Å². The average molecular weight is 381 g/mol. The van der Waals surface area contributed by atoms with Crippen LogP contribution in [0.1, 0.15) is 35.2 Å². The summed E-state index contributed by atoms with van der Waals surface area (Å²) in [6.07, 6.45) is 6.18. The van der Waals surface area contributed by atoms with Gasteiger partial charge in [-0.3, -0.25) is 14.6 Å². The Morgan fingerprint density at radius 3 is 2.68 bits per heavy atom. The summed E-state index contributed by atoms with van der Waals surface area (Å²) in [5.74, 6) is 1.32. The topological polar surface area (TPSA) is 71.5 Å². The minimum absolute atomic E-state index is 0.0346. The third kappa shape index (κ3) is 5.31. The zero-order chi connectivity index (χ0) is 19.8. The van der Waals surface area contributed by atoms with E-state index in [1.165, 1.54) is 0 Å². The molecule has 0 aliphatic carbocycles. The molecule has 1 N–H and O–H groups in total. The second kappa shape index (κ2) is 9.88. The number of benzene rings is 1. The zero-order valence-electron chi connectivity index (χ0n) is 16.3. The fraction of sp³-hybridized carbons (Fsp3) is 0.409. The highest BCUT2D eigenvalue weighted by atomic mass is 16.5. The van der Waals surface area contributed by atoms with Crippen LogP contribution in [0.3, 0.4) is 0 Å². The maximum absolute atomic E-state index is 12.5. The number of rotatable bonds is 7. The van der Waals surface area contributed by atoms with E-state index in [4.69, 9.17) is 4.74 Å². The van der Waals surface area contributed by atoms with E-state index in [0.717, 1.165) is 37.2 Å². The SMILES string of the molecule is COc1ccccc1CCC(=O)NCC1CCN(C(=O)c2cccnc2)CC1. The molecule has 0 radical (unpaired) electrons. The summed E-state index contributed by atoms with van der Waals surface area (Å²) in [4.78, 5) is 30.5. The second-order valence-corrected chi connectivity index (χ2v) is 7.09. The van der Waals surface area contributed by atoms with E-state index in [2.05, 4.69) is 10.3 Å². The van der Waals surface area contributed by atoms with Gasteiger partial charge in [0.05, 0.1) is 12.7 Å². The van der Waals surface area contributed by atoms with Gasteiger partial charge in [-0.2, -0.15) is 0 Å². The molecule has 1 saturated heterocycles. The summed E-state index contributed by atoms with van der Waals surface area (Å²) in [5.41, 5.74) is 1.67. The molecular weight excluding hydrogens is 354 g/mol. The monoisotopic (exact) mass is 381 g/mol. The van der Waals surface area contributed by atoms with E-state index in [9.17, 15) is 9.59 Å². The highest BCUT2D eigenvalue weighted by Gasteiger charge is 2.24. The van der Waals surface area contributed by atoms with Crippen LogP contribution < -0.4 is 10.1 Å². The first kappa shape index (κ1) is 19.9. The summed E-state index contributed by atoms with van der Waals surface area (Å²) in [7, 11) is 1.64. The number of hydrogen-bond donors (Lipinski definition) is 1. The Morgan fingerprint density at radius 1 is 1.18 bits per heavy atom. The van der Waals surface area contributed by atoms with Gasteiger partial charge >= 0.3 is 0 Å². The Kier molecular flexibility index (Phi) is 7.00. The number of carbonyl (C=O) groups is 2. The van der Waals surface area contributed by atoms with Crippen molar-refractivity contribution < 1.29 is 14.3 Å². The summed E-state index contributed by atoms with van der Waals surface area (Å²) in [6.45, 7) is 2.10. The number of ether oxygens (including phenoxy) is 1. The summed E-state index contributed by atoms with van der Waals surface area (Å²) in [5, 5.41) is 3.04. The molecule has 148 valence electrons. The molecule has 1 aliphatic rings. The maximum atomic E-state index is 12.5. The molecule has 1 aromatic heterocycles. The van der Waals surface area contributed by atoms with Crippen molar-refractivity contribution in [2.24, 2.45) is 5.92 Å². The molecule has 2 aromatic rings. The second-order valence-electron chi connectivity index (χ2n) is 7.09. The number of aryl methyl sites for hydroxylation is 1. The van der Waals surface area contributed by atoms with Crippen molar-refractivity contribution in [1.29, 1.82) is 0 Å². The highest BCUT2D eigenvalue weighted by Crippen LogP contribution is 2.20. The van der Waals surface area contributed by atoms with E-state index < -0.39 is 0 Å². The highest BCUT2D eigenvalue weighted by molar-refractivity contribution is 5.93. The van der Waals surface area contributed by atoms with Crippen LogP contribution in [0, 0.1) is 5.92 Å². The fourth-order valence-corrected chi connectivity index (χ4v) is 3.52. The first-order valence-electron chi connectivity index (χ1n) is 9.75. The number of aromatic nitrogens is 1. The predicted octanol–water partition coefficient (Wildman–Crippen LogP) is 2.69. The number of amides is 2. The number of methoxy groups -OCH3 is 1. The van der Waals surface area contributed by atoms with E-state index in [0.29, 0.717) is 30.9 Å². The van der Waals surface area contributed by atoms with E-state index in [-0.39, 0.29) is 11.8 Å². The number of carbonyl (C=O) groups excluding carboxylic acids is 2. The first-order valence-corrected chi connectivity index (χ1v) is 9.75. The molecule has 1 fully saturated rings. The molecule has 0 atom stereocenters. The van der Waals surface area contributed by atoms with Gasteiger partial charge in [0, 0.05) is 38.4 Å². The third-order valence-electron chi connectivity index (χ3n) is 5.21. The minimum atomic E-state index is 0.0346. The smallest absolute Gasteiger partial charge is 0.255 e. The Labute approximate surface area is 165 Å². The lowest BCUT2D eigenvalue weighted by atomic mass is 9.96. The molecular formula is C22H27N3O3. The Balaban J connectivity index is 1.38. The largest absolute Gasteiger partial charge is 0.496 e. The van der Waals surface area contributed by atoms with Crippen LogP contribution in [0.5, 0.6) is 5.75 Å². The summed E-state index contributed by atoms with van der Waals surface area (Å²) < 4.78 is 5.33. The van der Waals surface area contributed by atoms with Gasteiger partial charge < -0.3 is 15.0 Å². The molecule has 2 heterocycles. The Hall–Kier alpha value is -2.89. The molecule has 2 amide bonds. The predicted molar refractivity (Wildman–Crippen MR) is 107 cm³/mol. The number of para-hydroxylation sites is 1. The van der Waals surface area contributed by atoms with Crippen LogP contribution in [0.25, 0.3) is 0 Å². The number of hydrogen-bond acceptors (Lipinski definition) is 4. The van der Waals surface area contributed by atoms with Gasteiger partial charge in [-0.25, -0.2) is 0 Å². The van der Waals surface area contributed by atoms with Crippen LogP contribution in [-0.4, -0.2) is 48.4 Å². The van der Waals surface area contributed by atoms with Crippen molar-refractivity contribution in [3.63, 3.8) is 0 Å². The summed E-state index contributed by atoms with van der Waals surface area (Å²) >= 11 is 0. The molecule has 6 heteroatoms. The lowest BCUT2D eigenvalue weighted by molar-refractivity contribution is -0.121. The van der Waals surface area contributed by atoms with Gasteiger partial charge in [0.25, 0.3) is 5.91 Å². The Morgan fingerprint density at radius 2 is 1.96 bits per heavy atom. The van der Waals surface area contributed by atoms with Gasteiger partial charge in [-0.15, -0.1) is 0 Å². The third-order valence-corrected chi connectivity index (χ3v) is 5.21. The van der Waals surface area contributed by atoms with Crippen LogP contribution in [0.15, 0.2) is 48.8 Å². The number of likely N-dealkylation sites (tertiary alicyclic amines) is 1. The number of nitrogens with one attached hydrogen (secondary N) is 1. The quantitative estimate of drug-likeness (QED) is 0.800. The number of pyridine rings is 1. The lowest BCUT2D eigenvalue weighted by Gasteiger charge is -2.32. The number of piperidine rings is 1. The fourth-order valence-electron chi connectivity index (χ4n) is 3.52. The molecule has 0 spiro atoms. The maximum Gasteiger partial charge on any atom is 0.255 e. The summed E-state index contributed by atoms with van der Waals surface area (Å²) in [6, 6.07) is 11.4. The van der Waals surface area contributed by atoms with Crippen molar-refractivity contribution >= 4 is 11.8 Å². The van der Waals surface area contributed by atoms with Crippen molar-refractivity contribution in [1.82, 2.24) is 15.2 Å². The van der Waals surface area contributed by atoms with E-state index in [1.54, 1.807) is 31.6 Å². The van der Waals surface area contributed by atoms with E-state index >= 15 is 0 Å². The van der Waals surface area contributed by atoms with Crippen LogP contribution >= 0.6 is 0 Å². The van der Waals surface area contributed by atoms with Crippen molar-refractivity contribution in [3.05, 3.63) is 59.9 Å². The molecule has 0 bridgehead atoms. The molecule has 1 aromatic carbocycles. The average Bonchev–Trinajstić information content (AvgIpc) is 2.77. The molecule has 3 rings (SSSR count). The lowest BCUT2D eigenvalue weighted by Crippen LogP contribution is -2.41. The van der Waals surface area contributed by atoms with Crippen molar-refractivity contribution in [2.45, 2.75) is 25.7 Å². The molecule has 0 unspecified atom stereocenters. The van der Waals surface area contributed by atoms with Gasteiger partial charge in [-0.1, -0.05) is 18.2 Å². The normalized spacial score (nSPS) is 14.5. The van der Waals surface area contributed by atoms with Crippen LogP contribution in [-0.2, 0) is 11.2 Å². The number of nitrogens with zero attached hydrogens (tertiary/aromatic N) is 2. The van der Waals surface area contributed by atoms with Crippen molar-refractivity contribution in [3.8, 4) is 5.75 Å². The molecule has 6 nitrogen and oxygen atoms in total. The standard InChI is InChI=1S/C22H27N3O3/c1-28-20-7-3-2-5-18(20)8-9-21(26)24-15-17-10-13-25(14-11-17)22(27)19-6-4-12-23-16-19/h2-7,12,16-17H,8-11,13-15H2,1H3,(H,24,26). The molecule has 28 heavy (non-hydrogen) atoms. The zero-order valence-corrected chi connectivity index (χ0v) is 16.3. The molecule has 0 saturated carbocycles. The Bertz CT molecular complexity index is 787. The van der Waals surface area contributed by atoms with Crippen LogP contribution in [0.2, 0.25) is 0 Å². The van der Waals surface area contributed by atoms with Gasteiger partial charge in [0.1, 0.15) is 5.75 Å². The molecule has 1 aliphatic heterocycles. The van der Waals surface area contributed by atoms with Gasteiger partial charge in [-0.05, 0) is 48.9 Å². The van der Waals surface area contributed by atoms with E-state index in [1.807, 2.05) is 29.2 Å². The first-order chi connectivity index (χ1) is 13.7. The van der Waals surface area contributed by atoms with Crippen LogP contribution in [0.4, 0.5) is 0 Å². The van der Waals surface area contributed by atoms with Gasteiger partial charge in [0.15, 0.2) is 0 Å². The minimum Gasteiger partial charge on any atom is -0.496 e.